The minimum Gasteiger partial charge on any atom is -0.545 e. The molecular weight excluding hydrogens is 390 g/mol. The number of carboxylic acid groups (broad SMARTS) is 1. The molecule has 0 radical (unpaired) electrons. The molecule has 1 aromatic rings. The first-order chi connectivity index (χ1) is 14.3. The fourth-order valence-corrected chi connectivity index (χ4v) is 2.78. The summed E-state index contributed by atoms with van der Waals surface area (Å²) in [7, 11) is 0. The first-order valence-corrected chi connectivity index (χ1v) is 10.7. The van der Waals surface area contributed by atoms with Crippen LogP contribution in [0.4, 0.5) is 11.4 Å². The Hall–Kier alpha value is -2.55. The molecule has 30 heavy (non-hydrogen) atoms. The number of aromatic carboxylic acids is 1. The summed E-state index contributed by atoms with van der Waals surface area (Å²) in [6, 6.07) is 2.22. The van der Waals surface area contributed by atoms with Gasteiger partial charge >= 0.3 is 11.4 Å². The maximum absolute atomic E-state index is 10.4. The molecule has 9 nitrogen and oxygen atoms in total. The molecule has 0 spiro atoms. The molecular formula is C21H34N3O6-. The summed E-state index contributed by atoms with van der Waals surface area (Å²) in [6.45, 7) is 7.01. The van der Waals surface area contributed by atoms with Crippen molar-refractivity contribution in [2.24, 2.45) is 0 Å². The van der Waals surface area contributed by atoms with Crippen LogP contribution in [-0.4, -0.2) is 28.9 Å². The topological polar surface area (TPSA) is 138 Å². The second kappa shape index (κ2) is 17.3. The summed E-state index contributed by atoms with van der Waals surface area (Å²) in [5.74, 6) is -1.63. The van der Waals surface area contributed by atoms with Crippen LogP contribution in [-0.2, 0) is 0 Å². The zero-order chi connectivity index (χ0) is 22.8. The van der Waals surface area contributed by atoms with Gasteiger partial charge in [0.2, 0.25) is 0 Å². The molecule has 9 heteroatoms. The quantitative estimate of drug-likeness (QED) is 0.250. The lowest BCUT2D eigenvalue weighted by molar-refractivity contribution is -0.422. The zero-order valence-corrected chi connectivity index (χ0v) is 18.1. The number of nitro benzene ring substituents is 2. The molecule has 0 aliphatic carbocycles. The van der Waals surface area contributed by atoms with Crippen LogP contribution in [0.15, 0.2) is 18.2 Å². The van der Waals surface area contributed by atoms with Crippen LogP contribution in [0.3, 0.4) is 0 Å². The Morgan fingerprint density at radius 3 is 1.73 bits per heavy atom. The minimum atomic E-state index is -1.63. The molecule has 0 amide bonds. The molecule has 0 aromatic heterocycles. The average molecular weight is 425 g/mol. The van der Waals surface area contributed by atoms with Gasteiger partial charge in [0.1, 0.15) is 0 Å². The van der Waals surface area contributed by atoms with E-state index in [1.807, 2.05) is 0 Å². The van der Waals surface area contributed by atoms with Crippen molar-refractivity contribution in [1.82, 2.24) is 5.32 Å². The molecule has 0 aliphatic rings. The second-order valence-electron chi connectivity index (χ2n) is 7.08. The van der Waals surface area contributed by atoms with Gasteiger partial charge in [-0.05, 0) is 32.0 Å². The Bertz CT molecular complexity index is 640. The Morgan fingerprint density at radius 2 is 1.27 bits per heavy atom. The first-order valence-electron chi connectivity index (χ1n) is 10.7. The molecule has 0 saturated heterocycles. The molecule has 1 N–H and O–H groups in total. The third kappa shape index (κ3) is 12.8. The number of carboxylic acids is 1. The van der Waals surface area contributed by atoms with Crippen LogP contribution >= 0.6 is 0 Å². The van der Waals surface area contributed by atoms with E-state index in [0.717, 1.165) is 12.1 Å². The van der Waals surface area contributed by atoms with Gasteiger partial charge in [0, 0.05) is 17.7 Å². The summed E-state index contributed by atoms with van der Waals surface area (Å²) in [4.78, 5) is 29.1. The fraction of sp³-hybridized carbons (Fsp3) is 0.667. The smallest absolute Gasteiger partial charge is 0.346 e. The van der Waals surface area contributed by atoms with E-state index >= 15 is 0 Å². The van der Waals surface area contributed by atoms with Crippen LogP contribution in [0.1, 0.15) is 88.4 Å². The number of hydrogen-bond donors (Lipinski definition) is 1. The van der Waals surface area contributed by atoms with Gasteiger partial charge in [-0.3, -0.25) is 20.2 Å². The monoisotopic (exact) mass is 424 g/mol. The molecule has 1 aromatic carbocycles. The van der Waals surface area contributed by atoms with Crippen LogP contribution in [0, 0.1) is 20.2 Å². The standard InChI is InChI=1S/C14H31N.C7H4N2O6/c1-3-5-7-9-10-12-14-15-13-11-8-6-4-2;10-7(11)4-1-2-5(8(12)13)6(3-4)9(14)15/h15H,3-14H2,1-2H3;1-3H,(H,10,11)/p-1. The van der Waals surface area contributed by atoms with Crippen molar-refractivity contribution in [2.75, 3.05) is 13.1 Å². The summed E-state index contributed by atoms with van der Waals surface area (Å²) >= 11 is 0. The van der Waals surface area contributed by atoms with E-state index in [2.05, 4.69) is 19.2 Å². The largest absolute Gasteiger partial charge is 0.545 e. The van der Waals surface area contributed by atoms with Crippen LogP contribution < -0.4 is 10.4 Å². The van der Waals surface area contributed by atoms with Crippen LogP contribution in [0.5, 0.6) is 0 Å². The SMILES string of the molecule is CCCCCCCCNCCCCCC.O=C([O-])c1ccc([N+](=O)[O-])c([N+](=O)[O-])c1. The Balaban J connectivity index is 0.000000561. The van der Waals surface area contributed by atoms with Crippen molar-refractivity contribution in [1.29, 1.82) is 0 Å². The summed E-state index contributed by atoms with van der Waals surface area (Å²) in [5, 5.41) is 34.6. The fourth-order valence-electron chi connectivity index (χ4n) is 2.78. The van der Waals surface area contributed by atoms with Crippen molar-refractivity contribution in [3.63, 3.8) is 0 Å². The highest BCUT2D eigenvalue weighted by atomic mass is 16.6. The number of nitro groups is 2. The molecule has 0 atom stereocenters. The Kier molecular flexibility index (Phi) is 15.8. The number of nitrogens with zero attached hydrogens (tertiary/aromatic N) is 2. The Labute approximate surface area is 178 Å². The highest BCUT2D eigenvalue weighted by Gasteiger charge is 2.24. The van der Waals surface area contributed by atoms with Crippen molar-refractivity contribution < 1.29 is 19.7 Å². The number of carbonyl (C=O) groups is 1. The highest BCUT2D eigenvalue weighted by molar-refractivity contribution is 5.87. The molecule has 0 fully saturated rings. The van der Waals surface area contributed by atoms with Gasteiger partial charge in [0.15, 0.2) is 0 Å². The van der Waals surface area contributed by atoms with Gasteiger partial charge in [-0.1, -0.05) is 65.2 Å². The number of hydrogen-bond acceptors (Lipinski definition) is 7. The maximum Gasteiger partial charge on any atom is 0.346 e. The van der Waals surface area contributed by atoms with E-state index in [9.17, 15) is 30.1 Å². The van der Waals surface area contributed by atoms with Crippen LogP contribution in [0.2, 0.25) is 0 Å². The van der Waals surface area contributed by atoms with E-state index in [1.165, 1.54) is 77.3 Å². The van der Waals surface area contributed by atoms with Gasteiger partial charge in [0.25, 0.3) is 0 Å². The molecule has 0 unspecified atom stereocenters. The number of benzene rings is 1. The lowest BCUT2D eigenvalue weighted by atomic mass is 10.1. The van der Waals surface area contributed by atoms with E-state index in [1.54, 1.807) is 0 Å². The number of unbranched alkanes of at least 4 members (excludes halogenated alkanes) is 8. The molecule has 0 aliphatic heterocycles. The van der Waals surface area contributed by atoms with E-state index < -0.39 is 32.8 Å². The number of nitrogens with one attached hydrogen (secondary N) is 1. The highest BCUT2D eigenvalue weighted by Crippen LogP contribution is 2.27. The maximum atomic E-state index is 10.4. The first kappa shape index (κ1) is 27.5. The molecule has 0 bridgehead atoms. The lowest BCUT2D eigenvalue weighted by Gasteiger charge is -2.04. The third-order valence-electron chi connectivity index (χ3n) is 4.52. The minimum absolute atomic E-state index is 0.479. The van der Waals surface area contributed by atoms with Crippen molar-refractivity contribution in [3.05, 3.63) is 44.0 Å². The van der Waals surface area contributed by atoms with Crippen molar-refractivity contribution >= 4 is 17.3 Å². The number of rotatable bonds is 15. The van der Waals surface area contributed by atoms with E-state index in [-0.39, 0.29) is 0 Å². The Morgan fingerprint density at radius 1 is 0.800 bits per heavy atom. The van der Waals surface area contributed by atoms with Crippen molar-refractivity contribution in [2.45, 2.75) is 78.1 Å². The van der Waals surface area contributed by atoms with Crippen LogP contribution in [0.25, 0.3) is 0 Å². The predicted molar refractivity (Wildman–Crippen MR) is 114 cm³/mol. The van der Waals surface area contributed by atoms with Crippen molar-refractivity contribution in [3.8, 4) is 0 Å². The average Bonchev–Trinajstić information content (AvgIpc) is 2.72. The molecule has 0 heterocycles. The van der Waals surface area contributed by atoms with E-state index in [0.29, 0.717) is 6.07 Å². The molecule has 1 rings (SSSR count). The summed E-state index contributed by atoms with van der Waals surface area (Å²) in [6.07, 6.45) is 14.0. The van der Waals surface area contributed by atoms with E-state index in [4.69, 9.17) is 0 Å². The summed E-state index contributed by atoms with van der Waals surface area (Å²) < 4.78 is 0. The molecule has 170 valence electrons. The van der Waals surface area contributed by atoms with Gasteiger partial charge in [-0.15, -0.1) is 0 Å². The van der Waals surface area contributed by atoms with Gasteiger partial charge in [0.05, 0.1) is 15.8 Å². The zero-order valence-electron chi connectivity index (χ0n) is 18.1. The van der Waals surface area contributed by atoms with Gasteiger partial charge in [-0.25, -0.2) is 0 Å². The summed E-state index contributed by atoms with van der Waals surface area (Å²) in [5.41, 5.74) is -2.11. The van der Waals surface area contributed by atoms with Gasteiger partial charge in [-0.2, -0.15) is 0 Å². The second-order valence-corrected chi connectivity index (χ2v) is 7.08. The normalized spacial score (nSPS) is 10.2. The van der Waals surface area contributed by atoms with Gasteiger partial charge < -0.3 is 15.2 Å². The molecule has 0 saturated carbocycles. The third-order valence-corrected chi connectivity index (χ3v) is 4.52. The lowest BCUT2D eigenvalue weighted by Crippen LogP contribution is -2.22. The number of carbonyl (C=O) groups excluding carboxylic acids is 1. The predicted octanol–water partition coefficient (Wildman–Crippen LogP) is 4.38.